The van der Waals surface area contributed by atoms with Crippen LogP contribution in [0.2, 0.25) is 0 Å². The van der Waals surface area contributed by atoms with Crippen molar-refractivity contribution < 1.29 is 14.3 Å². The molecule has 114 valence electrons. The molecule has 0 N–H and O–H groups in total. The third kappa shape index (κ3) is 3.35. The van der Waals surface area contributed by atoms with Gasteiger partial charge in [-0.05, 0) is 25.8 Å². The first kappa shape index (κ1) is 14.7. The first-order valence-electron chi connectivity index (χ1n) is 7.48. The van der Waals surface area contributed by atoms with Crippen molar-refractivity contribution in [2.24, 2.45) is 0 Å². The zero-order valence-electron chi connectivity index (χ0n) is 12.7. The maximum Gasteiger partial charge on any atom is 0.163 e. The highest BCUT2D eigenvalue weighted by Gasteiger charge is 2.42. The average molecular weight is 289 g/mol. The van der Waals surface area contributed by atoms with Crippen LogP contribution < -0.4 is 0 Å². The normalized spacial score (nSPS) is 29.7. The van der Waals surface area contributed by atoms with E-state index in [9.17, 15) is 0 Å². The molecule has 2 saturated heterocycles. The minimum Gasteiger partial charge on any atom is -0.348 e. The molecule has 2 atom stereocenters. The minimum absolute atomic E-state index is 0.0310. The van der Waals surface area contributed by atoms with Crippen molar-refractivity contribution in [3.05, 3.63) is 48.0 Å². The van der Waals surface area contributed by atoms with Gasteiger partial charge in [0, 0.05) is 6.54 Å². The molecule has 0 aliphatic carbocycles. The topological polar surface area (TPSA) is 30.9 Å². The summed E-state index contributed by atoms with van der Waals surface area (Å²) < 4.78 is 11.7. The van der Waals surface area contributed by atoms with E-state index in [2.05, 4.69) is 18.7 Å². The van der Waals surface area contributed by atoms with E-state index in [0.29, 0.717) is 13.2 Å². The van der Waals surface area contributed by atoms with E-state index in [1.165, 1.54) is 5.56 Å². The van der Waals surface area contributed by atoms with Crippen LogP contribution >= 0.6 is 0 Å². The zero-order valence-corrected chi connectivity index (χ0v) is 12.7. The van der Waals surface area contributed by atoms with Crippen LogP contribution in [-0.4, -0.2) is 36.2 Å². The standard InChI is InChI=1S/C17H23NO3/c1-13-9-10-20-18(11-14-7-5-4-6-8-14)16(13)15-12-19-17(2,3)21-15/h4-8,15-16H,1,9-12H2,2-3H3/t15-,16-/m1/s1. The summed E-state index contributed by atoms with van der Waals surface area (Å²) in [5.41, 5.74) is 2.37. The van der Waals surface area contributed by atoms with Gasteiger partial charge in [0.25, 0.3) is 0 Å². The van der Waals surface area contributed by atoms with Gasteiger partial charge < -0.3 is 9.47 Å². The van der Waals surface area contributed by atoms with Gasteiger partial charge in [0.2, 0.25) is 0 Å². The summed E-state index contributed by atoms with van der Waals surface area (Å²) in [5, 5.41) is 2.00. The highest BCUT2D eigenvalue weighted by atomic mass is 16.7. The van der Waals surface area contributed by atoms with Gasteiger partial charge >= 0.3 is 0 Å². The average Bonchev–Trinajstić information content (AvgIpc) is 2.80. The van der Waals surface area contributed by atoms with Crippen LogP contribution in [0.5, 0.6) is 0 Å². The van der Waals surface area contributed by atoms with Gasteiger partial charge in [-0.3, -0.25) is 4.84 Å². The van der Waals surface area contributed by atoms with Crippen LogP contribution in [0.25, 0.3) is 0 Å². The van der Waals surface area contributed by atoms with Crippen molar-refractivity contribution in [1.29, 1.82) is 0 Å². The van der Waals surface area contributed by atoms with Gasteiger partial charge in [-0.25, -0.2) is 0 Å². The molecule has 0 spiro atoms. The fraction of sp³-hybridized carbons (Fsp3) is 0.529. The van der Waals surface area contributed by atoms with E-state index < -0.39 is 5.79 Å². The molecule has 2 aliphatic heterocycles. The SMILES string of the molecule is C=C1CCON(Cc2ccccc2)[C@H]1[C@H]1COC(C)(C)O1. The Kier molecular flexibility index (Phi) is 4.13. The first-order valence-corrected chi connectivity index (χ1v) is 7.48. The molecule has 2 aliphatic rings. The number of hydrogen-bond acceptors (Lipinski definition) is 4. The maximum atomic E-state index is 6.02. The largest absolute Gasteiger partial charge is 0.348 e. The van der Waals surface area contributed by atoms with Crippen molar-refractivity contribution in [3.8, 4) is 0 Å². The molecule has 4 heteroatoms. The molecule has 0 radical (unpaired) electrons. The lowest BCUT2D eigenvalue weighted by Crippen LogP contribution is -2.49. The van der Waals surface area contributed by atoms with E-state index in [-0.39, 0.29) is 12.1 Å². The molecule has 1 aromatic rings. The molecule has 0 unspecified atom stereocenters. The number of ether oxygens (including phenoxy) is 2. The van der Waals surface area contributed by atoms with Crippen molar-refractivity contribution in [2.45, 2.75) is 44.7 Å². The lowest BCUT2D eigenvalue weighted by molar-refractivity contribution is -0.228. The Labute approximate surface area is 126 Å². The number of nitrogens with zero attached hydrogens (tertiary/aromatic N) is 1. The second-order valence-corrected chi connectivity index (χ2v) is 6.11. The van der Waals surface area contributed by atoms with Crippen LogP contribution in [0.3, 0.4) is 0 Å². The van der Waals surface area contributed by atoms with Crippen molar-refractivity contribution in [3.63, 3.8) is 0 Å². The van der Waals surface area contributed by atoms with Gasteiger partial charge in [0.1, 0.15) is 6.10 Å². The molecular formula is C17H23NO3. The predicted octanol–water partition coefficient (Wildman–Crippen LogP) is 2.90. The Morgan fingerprint density at radius 1 is 1.29 bits per heavy atom. The van der Waals surface area contributed by atoms with Crippen LogP contribution in [0, 0.1) is 0 Å². The third-order valence-corrected chi connectivity index (χ3v) is 3.97. The summed E-state index contributed by atoms with van der Waals surface area (Å²) in [6.07, 6.45) is 0.840. The molecule has 0 saturated carbocycles. The molecule has 3 rings (SSSR count). The highest BCUT2D eigenvalue weighted by molar-refractivity contribution is 5.17. The Bertz CT molecular complexity index is 500. The van der Waals surface area contributed by atoms with Crippen molar-refractivity contribution in [2.75, 3.05) is 13.2 Å². The second kappa shape index (κ2) is 5.89. The van der Waals surface area contributed by atoms with E-state index in [4.69, 9.17) is 14.3 Å². The number of benzene rings is 1. The van der Waals surface area contributed by atoms with Gasteiger partial charge in [-0.2, -0.15) is 5.06 Å². The molecule has 2 heterocycles. The van der Waals surface area contributed by atoms with E-state index >= 15 is 0 Å². The fourth-order valence-corrected chi connectivity index (χ4v) is 2.95. The summed E-state index contributed by atoms with van der Waals surface area (Å²) in [7, 11) is 0. The molecule has 0 bridgehead atoms. The quantitative estimate of drug-likeness (QED) is 0.801. The van der Waals surface area contributed by atoms with Crippen molar-refractivity contribution in [1.82, 2.24) is 5.06 Å². The van der Waals surface area contributed by atoms with E-state index in [0.717, 1.165) is 18.5 Å². The first-order chi connectivity index (χ1) is 10.1. The summed E-state index contributed by atoms with van der Waals surface area (Å²) in [5.74, 6) is -0.527. The summed E-state index contributed by atoms with van der Waals surface area (Å²) in [6.45, 7) is 10.1. The van der Waals surface area contributed by atoms with E-state index in [1.807, 2.05) is 37.1 Å². The Morgan fingerprint density at radius 3 is 2.71 bits per heavy atom. The van der Waals surface area contributed by atoms with Crippen LogP contribution in [0.1, 0.15) is 25.8 Å². The smallest absolute Gasteiger partial charge is 0.163 e. The predicted molar refractivity (Wildman–Crippen MR) is 80.4 cm³/mol. The van der Waals surface area contributed by atoms with E-state index in [1.54, 1.807) is 0 Å². The third-order valence-electron chi connectivity index (χ3n) is 3.97. The maximum absolute atomic E-state index is 6.02. The molecule has 0 aromatic heterocycles. The minimum atomic E-state index is -0.527. The Hall–Kier alpha value is -1.20. The molecule has 1 aromatic carbocycles. The Morgan fingerprint density at radius 2 is 2.05 bits per heavy atom. The van der Waals surface area contributed by atoms with Gasteiger partial charge in [0.05, 0.1) is 19.3 Å². The molecule has 21 heavy (non-hydrogen) atoms. The van der Waals surface area contributed by atoms with Crippen LogP contribution in [0.4, 0.5) is 0 Å². The molecule has 2 fully saturated rings. The Balaban J connectivity index is 1.76. The van der Waals surface area contributed by atoms with Gasteiger partial charge in [-0.1, -0.05) is 42.5 Å². The lowest BCUT2D eigenvalue weighted by atomic mass is 9.98. The number of hydrogen-bond donors (Lipinski definition) is 0. The molecular weight excluding hydrogens is 266 g/mol. The van der Waals surface area contributed by atoms with Gasteiger partial charge in [-0.15, -0.1) is 0 Å². The fourth-order valence-electron chi connectivity index (χ4n) is 2.95. The van der Waals surface area contributed by atoms with Gasteiger partial charge in [0.15, 0.2) is 5.79 Å². The highest BCUT2D eigenvalue weighted by Crippen LogP contribution is 2.32. The molecule has 4 nitrogen and oxygen atoms in total. The lowest BCUT2D eigenvalue weighted by Gasteiger charge is -2.39. The zero-order chi connectivity index (χ0) is 14.9. The summed E-state index contributed by atoms with van der Waals surface area (Å²) >= 11 is 0. The summed E-state index contributed by atoms with van der Waals surface area (Å²) in [6, 6.07) is 10.4. The number of rotatable bonds is 3. The monoisotopic (exact) mass is 289 g/mol. The van der Waals surface area contributed by atoms with Crippen LogP contribution in [-0.2, 0) is 20.9 Å². The summed E-state index contributed by atoms with van der Waals surface area (Å²) in [4.78, 5) is 5.88. The van der Waals surface area contributed by atoms with Crippen molar-refractivity contribution >= 4 is 0 Å². The second-order valence-electron chi connectivity index (χ2n) is 6.11. The molecule has 0 amide bonds. The van der Waals surface area contributed by atoms with Crippen LogP contribution in [0.15, 0.2) is 42.5 Å². The number of hydroxylamine groups is 2.